The topological polar surface area (TPSA) is 133 Å². The first-order valence-corrected chi connectivity index (χ1v) is 21.2. The summed E-state index contributed by atoms with van der Waals surface area (Å²) in [6.45, 7) is 6.95. The Morgan fingerprint density at radius 2 is 1.54 bits per heavy atom. The number of carbonyl (C=O) groups is 3. The number of amides is 3. The van der Waals surface area contributed by atoms with Gasteiger partial charge in [-0.3, -0.25) is 29.4 Å². The van der Waals surface area contributed by atoms with Crippen molar-refractivity contribution in [2.75, 3.05) is 82.9 Å². The highest BCUT2D eigenvalue weighted by molar-refractivity contribution is 6.05. The van der Waals surface area contributed by atoms with E-state index in [0.717, 1.165) is 93.0 Å². The number of piperazine rings is 1. The Kier molecular flexibility index (Phi) is 10.9. The van der Waals surface area contributed by atoms with Crippen LogP contribution in [-0.4, -0.2) is 127 Å². The van der Waals surface area contributed by atoms with Gasteiger partial charge in [-0.1, -0.05) is 0 Å². The number of benzene rings is 2. The van der Waals surface area contributed by atoms with Gasteiger partial charge in [-0.2, -0.15) is 0 Å². The summed E-state index contributed by atoms with van der Waals surface area (Å²) < 4.78 is 40.9. The molecule has 4 fully saturated rings. The van der Waals surface area contributed by atoms with E-state index in [-0.39, 0.29) is 23.8 Å². The van der Waals surface area contributed by atoms with Crippen molar-refractivity contribution in [1.29, 1.82) is 0 Å². The van der Waals surface area contributed by atoms with E-state index in [2.05, 4.69) is 31.1 Å². The van der Waals surface area contributed by atoms with Crippen LogP contribution in [0, 0.1) is 5.92 Å². The van der Waals surface area contributed by atoms with E-state index in [1.165, 1.54) is 15.7 Å². The monoisotopic (exact) mass is 838 g/mol. The Balaban J connectivity index is 0.786. The molecule has 1 unspecified atom stereocenters. The van der Waals surface area contributed by atoms with Gasteiger partial charge in [-0.05, 0) is 85.7 Å². The summed E-state index contributed by atoms with van der Waals surface area (Å²) in [6.07, 6.45) is 7.21. The molecule has 9 rings (SSSR count). The van der Waals surface area contributed by atoms with Crippen LogP contribution in [0.4, 0.5) is 20.3 Å². The molecule has 2 aromatic heterocycles. The van der Waals surface area contributed by atoms with Crippen molar-refractivity contribution in [3.05, 3.63) is 75.8 Å². The van der Waals surface area contributed by atoms with E-state index in [4.69, 9.17) is 9.47 Å². The minimum absolute atomic E-state index is 0.144. The molecule has 0 aliphatic carbocycles. The number of methoxy groups -OCH3 is 2. The number of carbonyl (C=O) groups excluding carboxylic acids is 3. The number of nitrogens with zero attached hydrogens (tertiary/aromatic N) is 7. The molecule has 16 heteroatoms. The predicted octanol–water partition coefficient (Wildman–Crippen LogP) is 4.26. The summed E-state index contributed by atoms with van der Waals surface area (Å²) in [6, 6.07) is 11.0. The standard InChI is InChI=1S/C45H52F2N8O6/c1-50-24-35(33-21-40(48-22-34(33)43(50)58)54-26-45(46,47)27-54)29-19-38(60-2)36(39(20-29)61-3)25-52-16-14-51(15-17-52)11-8-28-9-12-53(13-10-28)31-4-5-32-30(18-31)23-55(44(32)59)37-6-7-41(56)49-42(37)57/h4-5,18-22,24,28,37H,6-17,23,25-27H2,1-3H3,(H,49,56,57). The average Bonchev–Trinajstić information content (AvgIpc) is 3.58. The van der Waals surface area contributed by atoms with Gasteiger partial charge in [0, 0.05) is 100 Å². The number of ether oxygens (including phenoxy) is 2. The molecule has 61 heavy (non-hydrogen) atoms. The fourth-order valence-corrected chi connectivity index (χ4v) is 9.72. The molecule has 322 valence electrons. The molecule has 1 atom stereocenters. The molecule has 5 aliphatic rings. The van der Waals surface area contributed by atoms with Gasteiger partial charge in [0.25, 0.3) is 17.4 Å². The number of anilines is 2. The number of piperidine rings is 2. The number of hydrogen-bond acceptors (Lipinski definition) is 11. The lowest BCUT2D eigenvalue weighted by Crippen LogP contribution is -2.56. The van der Waals surface area contributed by atoms with Crippen molar-refractivity contribution in [2.24, 2.45) is 13.0 Å². The fourth-order valence-electron chi connectivity index (χ4n) is 9.72. The van der Waals surface area contributed by atoms with Crippen LogP contribution in [-0.2, 0) is 29.7 Å². The molecule has 2 aromatic carbocycles. The van der Waals surface area contributed by atoms with E-state index in [1.54, 1.807) is 38.4 Å². The van der Waals surface area contributed by atoms with E-state index >= 15 is 0 Å². The van der Waals surface area contributed by atoms with Gasteiger partial charge in [-0.25, -0.2) is 13.8 Å². The number of alkyl halides is 2. The smallest absolute Gasteiger partial charge is 0.282 e. The van der Waals surface area contributed by atoms with Crippen LogP contribution >= 0.6 is 0 Å². The van der Waals surface area contributed by atoms with Gasteiger partial charge in [-0.15, -0.1) is 0 Å². The molecule has 0 bridgehead atoms. The summed E-state index contributed by atoms with van der Waals surface area (Å²) >= 11 is 0. The zero-order chi connectivity index (χ0) is 42.6. The summed E-state index contributed by atoms with van der Waals surface area (Å²) in [5.41, 5.74) is 4.93. The zero-order valence-corrected chi connectivity index (χ0v) is 34.9. The maximum absolute atomic E-state index is 13.7. The van der Waals surface area contributed by atoms with Crippen molar-refractivity contribution in [1.82, 2.24) is 29.6 Å². The Morgan fingerprint density at radius 1 is 0.836 bits per heavy atom. The Bertz CT molecular complexity index is 2410. The number of hydrogen-bond donors (Lipinski definition) is 1. The summed E-state index contributed by atoms with van der Waals surface area (Å²) in [5.74, 6) is -1.18. The molecular formula is C45H52F2N8O6. The molecule has 4 aromatic rings. The quantitative estimate of drug-likeness (QED) is 0.218. The normalized spacial score (nSPS) is 21.2. The molecule has 0 saturated carbocycles. The Labute approximate surface area is 353 Å². The van der Waals surface area contributed by atoms with Crippen molar-refractivity contribution in [2.45, 2.75) is 57.2 Å². The van der Waals surface area contributed by atoms with Gasteiger partial charge < -0.3 is 33.6 Å². The number of fused-ring (bicyclic) bond motifs is 2. The largest absolute Gasteiger partial charge is 0.496 e. The highest BCUT2D eigenvalue weighted by Gasteiger charge is 2.44. The van der Waals surface area contributed by atoms with Gasteiger partial charge >= 0.3 is 0 Å². The fraction of sp³-hybridized carbons (Fsp3) is 0.489. The first-order valence-electron chi connectivity index (χ1n) is 21.2. The van der Waals surface area contributed by atoms with Crippen LogP contribution in [0.15, 0.2) is 53.6 Å². The van der Waals surface area contributed by atoms with Crippen LogP contribution < -0.4 is 30.1 Å². The van der Waals surface area contributed by atoms with Crippen molar-refractivity contribution >= 4 is 40.0 Å². The SMILES string of the molecule is COc1cc(-c2cn(C)c(=O)c3cnc(N4CC(F)(F)C4)cc23)cc(OC)c1CN1CCN(CCC2CCN(c3ccc4c(c3)CN(C3CCC(=O)NC3=O)C4=O)CC2)CC1. The second kappa shape index (κ2) is 16.3. The molecule has 3 amide bonds. The van der Waals surface area contributed by atoms with E-state index in [1.807, 2.05) is 24.3 Å². The van der Waals surface area contributed by atoms with Crippen LogP contribution in [0.1, 0.15) is 53.6 Å². The minimum Gasteiger partial charge on any atom is -0.496 e. The van der Waals surface area contributed by atoms with Gasteiger partial charge in [0.2, 0.25) is 11.8 Å². The highest BCUT2D eigenvalue weighted by atomic mass is 19.3. The average molecular weight is 839 g/mol. The molecule has 5 aliphatic heterocycles. The minimum atomic E-state index is -2.75. The number of halogens is 2. The Morgan fingerprint density at radius 3 is 2.21 bits per heavy atom. The second-order valence-corrected chi connectivity index (χ2v) is 17.2. The van der Waals surface area contributed by atoms with E-state index in [0.29, 0.717) is 59.1 Å². The third-order valence-corrected chi connectivity index (χ3v) is 13.3. The third-order valence-electron chi connectivity index (χ3n) is 13.3. The lowest BCUT2D eigenvalue weighted by molar-refractivity contribution is -0.136. The van der Waals surface area contributed by atoms with Gasteiger partial charge in [0.05, 0.1) is 38.3 Å². The maximum Gasteiger partial charge on any atom is 0.282 e. The highest BCUT2D eigenvalue weighted by Crippen LogP contribution is 2.40. The number of imide groups is 1. The van der Waals surface area contributed by atoms with Crippen molar-refractivity contribution in [3.8, 4) is 22.6 Å². The van der Waals surface area contributed by atoms with Crippen LogP contribution in [0.25, 0.3) is 21.9 Å². The molecular weight excluding hydrogens is 787 g/mol. The lowest BCUT2D eigenvalue weighted by atomic mass is 9.92. The van der Waals surface area contributed by atoms with Gasteiger partial charge in [0.1, 0.15) is 23.4 Å². The lowest BCUT2D eigenvalue weighted by Gasteiger charge is -2.39. The maximum atomic E-state index is 13.7. The molecule has 0 spiro atoms. The zero-order valence-electron chi connectivity index (χ0n) is 34.9. The number of aryl methyl sites for hydroxylation is 1. The first kappa shape index (κ1) is 40.8. The molecule has 4 saturated heterocycles. The van der Waals surface area contributed by atoms with E-state index in [9.17, 15) is 28.0 Å². The number of nitrogens with one attached hydrogen (secondary N) is 1. The number of aromatic nitrogens is 2. The van der Waals surface area contributed by atoms with Gasteiger partial charge in [0.15, 0.2) is 0 Å². The molecule has 0 radical (unpaired) electrons. The van der Waals surface area contributed by atoms with Crippen molar-refractivity contribution < 1.29 is 32.6 Å². The first-order chi connectivity index (χ1) is 29.4. The van der Waals surface area contributed by atoms with Crippen LogP contribution in [0.2, 0.25) is 0 Å². The predicted molar refractivity (Wildman–Crippen MR) is 226 cm³/mol. The van der Waals surface area contributed by atoms with E-state index < -0.39 is 31.0 Å². The summed E-state index contributed by atoms with van der Waals surface area (Å²) in [5, 5.41) is 3.40. The van der Waals surface area contributed by atoms with Crippen LogP contribution in [0.3, 0.4) is 0 Å². The third kappa shape index (κ3) is 8.03. The molecule has 14 nitrogen and oxygen atoms in total. The molecule has 1 N–H and O–H groups in total. The Hall–Kier alpha value is -5.61. The second-order valence-electron chi connectivity index (χ2n) is 17.2. The van der Waals surface area contributed by atoms with Crippen LogP contribution in [0.5, 0.6) is 11.5 Å². The summed E-state index contributed by atoms with van der Waals surface area (Å²) in [7, 11) is 4.97. The molecule has 7 heterocycles. The number of rotatable bonds is 11. The number of pyridine rings is 2. The summed E-state index contributed by atoms with van der Waals surface area (Å²) in [4.78, 5) is 65.2. The van der Waals surface area contributed by atoms with Crippen molar-refractivity contribution in [3.63, 3.8) is 0 Å².